The number of rotatable bonds is 6. The van der Waals surface area contributed by atoms with Crippen LogP contribution in [0.2, 0.25) is 0 Å². The Morgan fingerprint density at radius 2 is 1.25 bits per heavy atom. The lowest BCUT2D eigenvalue weighted by molar-refractivity contribution is 0.121. The molecular formula is C25H29O2P. The molecule has 0 spiro atoms. The van der Waals surface area contributed by atoms with Gasteiger partial charge in [0, 0.05) is 5.30 Å². The highest BCUT2D eigenvalue weighted by Gasteiger charge is 2.26. The summed E-state index contributed by atoms with van der Waals surface area (Å²) >= 11 is 0. The van der Waals surface area contributed by atoms with Crippen molar-refractivity contribution in [1.29, 1.82) is 0 Å². The van der Waals surface area contributed by atoms with Crippen molar-refractivity contribution in [3.05, 3.63) is 78.9 Å². The molecule has 0 unspecified atom stereocenters. The van der Waals surface area contributed by atoms with E-state index in [1.807, 2.05) is 19.9 Å². The van der Waals surface area contributed by atoms with Crippen LogP contribution in [0.15, 0.2) is 78.9 Å². The average Bonchev–Trinajstić information content (AvgIpc) is 2.65. The van der Waals surface area contributed by atoms with Gasteiger partial charge in [-0.3, -0.25) is 0 Å². The minimum absolute atomic E-state index is 0.0808. The molecule has 0 amide bonds. The second-order valence-corrected chi connectivity index (χ2v) is 10.2. The fourth-order valence-corrected chi connectivity index (χ4v) is 5.41. The second-order valence-electron chi connectivity index (χ2n) is 7.99. The Morgan fingerprint density at radius 3 is 1.71 bits per heavy atom. The minimum atomic E-state index is -0.766. The molecule has 3 rings (SSSR count). The van der Waals surface area contributed by atoms with E-state index in [1.54, 1.807) is 0 Å². The van der Waals surface area contributed by atoms with E-state index in [1.165, 1.54) is 15.9 Å². The van der Waals surface area contributed by atoms with Crippen LogP contribution in [0.25, 0.3) is 0 Å². The van der Waals surface area contributed by atoms with Crippen LogP contribution in [0.1, 0.15) is 34.6 Å². The molecule has 28 heavy (non-hydrogen) atoms. The van der Waals surface area contributed by atoms with E-state index in [2.05, 4.69) is 93.6 Å². The number of hydrogen-bond donors (Lipinski definition) is 0. The molecule has 0 atom stereocenters. The molecule has 3 aromatic carbocycles. The number of para-hydroxylation sites is 1. The zero-order valence-electron chi connectivity index (χ0n) is 17.3. The highest BCUT2D eigenvalue weighted by atomic mass is 31.1. The van der Waals surface area contributed by atoms with Gasteiger partial charge in [-0.05, 0) is 65.3 Å². The Hall–Kier alpha value is -2.31. The number of ether oxygens (including phenoxy) is 2. The SMILES string of the molecule is CC(C)Oc1cccc(P(c2ccccc2)c2ccccc2)c1OC(C)(C)C. The molecular weight excluding hydrogens is 363 g/mol. The van der Waals surface area contributed by atoms with Crippen LogP contribution in [-0.2, 0) is 0 Å². The summed E-state index contributed by atoms with van der Waals surface area (Å²) in [6, 6.07) is 27.6. The standard InChI is InChI=1S/C25H29O2P/c1-19(2)26-22-17-12-18-23(24(22)27-25(3,4)5)28(20-13-8-6-9-14-20)21-15-10-7-11-16-21/h6-19H,1-5H3. The maximum atomic E-state index is 6.48. The van der Waals surface area contributed by atoms with Crippen LogP contribution in [0.4, 0.5) is 0 Å². The third-order valence-corrected chi connectivity index (χ3v) is 6.46. The van der Waals surface area contributed by atoms with E-state index in [0.717, 1.165) is 11.5 Å². The van der Waals surface area contributed by atoms with Crippen LogP contribution in [0.5, 0.6) is 11.5 Å². The van der Waals surface area contributed by atoms with E-state index in [9.17, 15) is 0 Å². The van der Waals surface area contributed by atoms with Crippen molar-refractivity contribution in [2.75, 3.05) is 0 Å². The first-order chi connectivity index (χ1) is 13.3. The molecule has 2 nitrogen and oxygen atoms in total. The third kappa shape index (κ3) is 5.14. The lowest BCUT2D eigenvalue weighted by Gasteiger charge is -2.29. The predicted molar refractivity (Wildman–Crippen MR) is 121 cm³/mol. The van der Waals surface area contributed by atoms with Gasteiger partial charge in [-0.2, -0.15) is 0 Å². The molecule has 0 radical (unpaired) electrons. The van der Waals surface area contributed by atoms with Crippen molar-refractivity contribution >= 4 is 23.8 Å². The van der Waals surface area contributed by atoms with E-state index >= 15 is 0 Å². The molecule has 0 heterocycles. The van der Waals surface area contributed by atoms with Crippen LogP contribution < -0.4 is 25.4 Å². The molecule has 3 heteroatoms. The topological polar surface area (TPSA) is 18.5 Å². The van der Waals surface area contributed by atoms with Gasteiger partial charge in [0.1, 0.15) is 5.60 Å². The summed E-state index contributed by atoms with van der Waals surface area (Å²) in [4.78, 5) is 0. The Morgan fingerprint density at radius 1 is 0.714 bits per heavy atom. The minimum Gasteiger partial charge on any atom is -0.487 e. The maximum absolute atomic E-state index is 6.48. The van der Waals surface area contributed by atoms with Crippen molar-refractivity contribution in [3.8, 4) is 11.5 Å². The fraction of sp³-hybridized carbons (Fsp3) is 0.280. The summed E-state index contributed by atoms with van der Waals surface area (Å²) in [5.41, 5.74) is -0.320. The number of benzene rings is 3. The molecule has 0 N–H and O–H groups in total. The molecule has 0 aliphatic heterocycles. The smallest absolute Gasteiger partial charge is 0.170 e. The van der Waals surface area contributed by atoms with Crippen molar-refractivity contribution in [2.45, 2.75) is 46.3 Å². The highest BCUT2D eigenvalue weighted by molar-refractivity contribution is 7.80. The lowest BCUT2D eigenvalue weighted by atomic mass is 10.2. The summed E-state index contributed by atoms with van der Waals surface area (Å²) in [6.45, 7) is 10.3. The quantitative estimate of drug-likeness (QED) is 0.522. The maximum Gasteiger partial charge on any atom is 0.170 e. The average molecular weight is 392 g/mol. The van der Waals surface area contributed by atoms with Gasteiger partial charge in [-0.15, -0.1) is 0 Å². The predicted octanol–water partition coefficient (Wildman–Crippen LogP) is 5.41. The van der Waals surface area contributed by atoms with Gasteiger partial charge >= 0.3 is 0 Å². The molecule has 3 aromatic rings. The first-order valence-corrected chi connectivity index (χ1v) is 11.1. The summed E-state index contributed by atoms with van der Waals surface area (Å²) in [6.07, 6.45) is 0.0808. The molecule has 146 valence electrons. The van der Waals surface area contributed by atoms with Gasteiger partial charge in [0.25, 0.3) is 0 Å². The van der Waals surface area contributed by atoms with Crippen molar-refractivity contribution in [3.63, 3.8) is 0 Å². The first-order valence-electron chi connectivity index (χ1n) is 9.74. The van der Waals surface area contributed by atoms with E-state index < -0.39 is 7.92 Å². The van der Waals surface area contributed by atoms with Crippen molar-refractivity contribution < 1.29 is 9.47 Å². The van der Waals surface area contributed by atoms with Gasteiger partial charge < -0.3 is 9.47 Å². The Bertz CT molecular complexity index is 844. The van der Waals surface area contributed by atoms with Crippen molar-refractivity contribution in [1.82, 2.24) is 0 Å². The van der Waals surface area contributed by atoms with Gasteiger partial charge in [-0.25, -0.2) is 0 Å². The lowest BCUT2D eigenvalue weighted by Crippen LogP contribution is -2.29. The fourth-order valence-electron chi connectivity index (χ4n) is 3.02. The van der Waals surface area contributed by atoms with E-state index in [4.69, 9.17) is 9.47 Å². The largest absolute Gasteiger partial charge is 0.487 e. The first kappa shape index (κ1) is 20.4. The molecule has 0 bridgehead atoms. The van der Waals surface area contributed by atoms with Crippen molar-refractivity contribution in [2.24, 2.45) is 0 Å². The van der Waals surface area contributed by atoms with Gasteiger partial charge in [0.05, 0.1) is 6.10 Å². The monoisotopic (exact) mass is 392 g/mol. The van der Waals surface area contributed by atoms with E-state index in [0.29, 0.717) is 0 Å². The van der Waals surface area contributed by atoms with Crippen LogP contribution in [0, 0.1) is 0 Å². The van der Waals surface area contributed by atoms with Crippen LogP contribution >= 0.6 is 7.92 Å². The number of hydrogen-bond acceptors (Lipinski definition) is 2. The normalized spacial score (nSPS) is 11.7. The van der Waals surface area contributed by atoms with Crippen LogP contribution in [0.3, 0.4) is 0 Å². The zero-order chi connectivity index (χ0) is 20.1. The van der Waals surface area contributed by atoms with Crippen LogP contribution in [-0.4, -0.2) is 11.7 Å². The Labute approximate surface area is 170 Å². The molecule has 0 aromatic heterocycles. The summed E-state index contributed by atoms with van der Waals surface area (Å²) in [5, 5.41) is 3.77. The van der Waals surface area contributed by atoms with Gasteiger partial charge in [-0.1, -0.05) is 66.7 Å². The third-order valence-electron chi connectivity index (χ3n) is 4.00. The van der Waals surface area contributed by atoms with E-state index in [-0.39, 0.29) is 11.7 Å². The molecule has 0 saturated carbocycles. The molecule has 0 saturated heterocycles. The highest BCUT2D eigenvalue weighted by Crippen LogP contribution is 2.41. The summed E-state index contributed by atoms with van der Waals surface area (Å²) < 4.78 is 12.6. The Balaban J connectivity index is 2.22. The summed E-state index contributed by atoms with van der Waals surface area (Å²) in [7, 11) is -0.766. The second kappa shape index (κ2) is 8.80. The Kier molecular flexibility index (Phi) is 6.42. The summed E-state index contributed by atoms with van der Waals surface area (Å²) in [5.74, 6) is 1.66. The van der Waals surface area contributed by atoms with Gasteiger partial charge in [0.15, 0.2) is 11.5 Å². The molecule has 0 fully saturated rings. The molecule has 0 aliphatic carbocycles. The zero-order valence-corrected chi connectivity index (χ0v) is 18.2. The molecule has 0 aliphatic rings. The van der Waals surface area contributed by atoms with Gasteiger partial charge in [0.2, 0.25) is 0 Å².